The first-order valence-corrected chi connectivity index (χ1v) is 7.80. The Balaban J connectivity index is 2.39. The molecule has 1 aromatic carbocycles. The largest absolute Gasteiger partial charge is 0.490 e. The second kappa shape index (κ2) is 7.13. The Kier molecular flexibility index (Phi) is 5.22. The SMILES string of the molecule is C=CCOc1ccc(-c2c(C)sc(N)c2C(=O)OCC)cc1. The third kappa shape index (κ3) is 3.31. The minimum Gasteiger partial charge on any atom is -0.490 e. The number of carbonyl (C=O) groups is 1. The average Bonchev–Trinajstić information content (AvgIpc) is 2.80. The quantitative estimate of drug-likeness (QED) is 0.645. The van der Waals surface area contributed by atoms with Gasteiger partial charge in [-0.3, -0.25) is 0 Å². The maximum Gasteiger partial charge on any atom is 0.341 e. The first-order valence-electron chi connectivity index (χ1n) is 6.98. The average molecular weight is 317 g/mol. The van der Waals surface area contributed by atoms with Crippen molar-refractivity contribution in [2.75, 3.05) is 18.9 Å². The summed E-state index contributed by atoms with van der Waals surface area (Å²) in [5.74, 6) is 0.369. The Morgan fingerprint density at radius 1 is 1.36 bits per heavy atom. The zero-order valence-electron chi connectivity index (χ0n) is 12.7. The molecule has 4 nitrogen and oxygen atoms in total. The Bertz CT molecular complexity index is 674. The third-order valence-electron chi connectivity index (χ3n) is 3.10. The molecule has 0 unspecified atom stereocenters. The van der Waals surface area contributed by atoms with Gasteiger partial charge < -0.3 is 15.2 Å². The molecule has 2 aromatic rings. The fourth-order valence-electron chi connectivity index (χ4n) is 2.19. The fraction of sp³-hybridized carbons (Fsp3) is 0.235. The van der Waals surface area contributed by atoms with E-state index in [1.807, 2.05) is 31.2 Å². The minimum absolute atomic E-state index is 0.320. The van der Waals surface area contributed by atoms with Crippen LogP contribution in [-0.2, 0) is 4.74 Å². The number of nitrogen functional groups attached to an aromatic ring is 1. The Hall–Kier alpha value is -2.27. The van der Waals surface area contributed by atoms with Gasteiger partial charge in [0.25, 0.3) is 0 Å². The molecule has 0 saturated carbocycles. The second-order valence-corrected chi connectivity index (χ2v) is 5.87. The molecule has 5 heteroatoms. The van der Waals surface area contributed by atoms with Gasteiger partial charge in [-0.15, -0.1) is 11.3 Å². The highest BCUT2D eigenvalue weighted by Crippen LogP contribution is 2.39. The summed E-state index contributed by atoms with van der Waals surface area (Å²) >= 11 is 1.40. The fourth-order valence-corrected chi connectivity index (χ4v) is 3.13. The van der Waals surface area contributed by atoms with Crippen LogP contribution in [0.1, 0.15) is 22.2 Å². The molecule has 0 fully saturated rings. The molecule has 1 heterocycles. The smallest absolute Gasteiger partial charge is 0.341 e. The molecule has 0 atom stereocenters. The van der Waals surface area contributed by atoms with E-state index < -0.39 is 0 Å². The lowest BCUT2D eigenvalue weighted by Crippen LogP contribution is -2.07. The number of hydrogen-bond acceptors (Lipinski definition) is 5. The van der Waals surface area contributed by atoms with Crippen LogP contribution in [0, 0.1) is 6.92 Å². The van der Waals surface area contributed by atoms with Crippen molar-refractivity contribution in [2.24, 2.45) is 0 Å². The van der Waals surface area contributed by atoms with Gasteiger partial charge in [0.1, 0.15) is 22.9 Å². The molecule has 2 rings (SSSR count). The summed E-state index contributed by atoms with van der Waals surface area (Å²) in [7, 11) is 0. The molecule has 2 N–H and O–H groups in total. The summed E-state index contributed by atoms with van der Waals surface area (Å²) in [5, 5.41) is 0.484. The van der Waals surface area contributed by atoms with Crippen molar-refractivity contribution in [3.05, 3.63) is 47.4 Å². The zero-order valence-corrected chi connectivity index (χ0v) is 13.5. The Morgan fingerprint density at radius 2 is 2.05 bits per heavy atom. The molecule has 0 radical (unpaired) electrons. The van der Waals surface area contributed by atoms with E-state index in [1.54, 1.807) is 13.0 Å². The number of thiophene rings is 1. The standard InChI is InChI=1S/C17H19NO3S/c1-4-10-21-13-8-6-12(7-9-13)14-11(3)22-16(18)15(14)17(19)20-5-2/h4,6-9H,1,5,10,18H2,2-3H3. The maximum atomic E-state index is 12.1. The van der Waals surface area contributed by atoms with E-state index in [4.69, 9.17) is 15.2 Å². The van der Waals surface area contributed by atoms with Gasteiger partial charge in [-0.05, 0) is 31.5 Å². The lowest BCUT2D eigenvalue weighted by atomic mass is 10.0. The van der Waals surface area contributed by atoms with Gasteiger partial charge in [0.15, 0.2) is 0 Å². The molecule has 116 valence electrons. The van der Waals surface area contributed by atoms with Crippen LogP contribution in [0.2, 0.25) is 0 Å². The van der Waals surface area contributed by atoms with Crippen molar-refractivity contribution >= 4 is 22.3 Å². The van der Waals surface area contributed by atoms with Crippen LogP contribution in [0.4, 0.5) is 5.00 Å². The zero-order chi connectivity index (χ0) is 16.1. The first kappa shape index (κ1) is 16.1. The summed E-state index contributed by atoms with van der Waals surface area (Å²) in [4.78, 5) is 13.1. The number of benzene rings is 1. The molecule has 1 aromatic heterocycles. The molecular weight excluding hydrogens is 298 g/mol. The minimum atomic E-state index is -0.383. The third-order valence-corrected chi connectivity index (χ3v) is 4.04. The molecule has 22 heavy (non-hydrogen) atoms. The molecule has 0 bridgehead atoms. The summed E-state index contributed by atoms with van der Waals surface area (Å²) in [6.07, 6.45) is 1.69. The monoisotopic (exact) mass is 317 g/mol. The van der Waals surface area contributed by atoms with Crippen molar-refractivity contribution in [2.45, 2.75) is 13.8 Å². The number of aryl methyl sites for hydroxylation is 1. The van der Waals surface area contributed by atoms with Gasteiger partial charge in [0, 0.05) is 10.4 Å². The molecule has 0 spiro atoms. The molecule has 0 aliphatic rings. The molecular formula is C17H19NO3S. The maximum absolute atomic E-state index is 12.1. The van der Waals surface area contributed by atoms with Gasteiger partial charge in [-0.2, -0.15) is 0 Å². The number of anilines is 1. The molecule has 0 aliphatic carbocycles. The van der Waals surface area contributed by atoms with E-state index in [9.17, 15) is 4.79 Å². The van der Waals surface area contributed by atoms with E-state index in [-0.39, 0.29) is 5.97 Å². The van der Waals surface area contributed by atoms with Gasteiger partial charge in [0.2, 0.25) is 0 Å². The van der Waals surface area contributed by atoms with Gasteiger partial charge in [-0.1, -0.05) is 24.8 Å². The highest BCUT2D eigenvalue weighted by atomic mass is 32.1. The van der Waals surface area contributed by atoms with Gasteiger partial charge >= 0.3 is 5.97 Å². The van der Waals surface area contributed by atoms with Crippen molar-refractivity contribution in [1.82, 2.24) is 0 Å². The summed E-state index contributed by atoms with van der Waals surface area (Å²) in [5.41, 5.74) is 8.18. The normalized spacial score (nSPS) is 10.3. The second-order valence-electron chi connectivity index (χ2n) is 4.62. The summed E-state index contributed by atoms with van der Waals surface area (Å²) in [6.45, 7) is 8.11. The number of ether oxygens (including phenoxy) is 2. The van der Waals surface area contributed by atoms with Gasteiger partial charge in [0.05, 0.1) is 6.61 Å². The lowest BCUT2D eigenvalue weighted by molar-refractivity contribution is 0.0529. The highest BCUT2D eigenvalue weighted by Gasteiger charge is 2.22. The Labute approximate surface area is 134 Å². The topological polar surface area (TPSA) is 61.5 Å². The number of nitrogens with two attached hydrogens (primary N) is 1. The highest BCUT2D eigenvalue weighted by molar-refractivity contribution is 7.16. The Morgan fingerprint density at radius 3 is 2.64 bits per heavy atom. The number of hydrogen-bond donors (Lipinski definition) is 1. The van der Waals surface area contributed by atoms with Crippen LogP contribution in [0.15, 0.2) is 36.9 Å². The van der Waals surface area contributed by atoms with Crippen molar-refractivity contribution in [1.29, 1.82) is 0 Å². The van der Waals surface area contributed by atoms with Crippen molar-refractivity contribution < 1.29 is 14.3 Å². The van der Waals surface area contributed by atoms with Crippen LogP contribution in [0.25, 0.3) is 11.1 Å². The molecule has 0 saturated heterocycles. The van der Waals surface area contributed by atoms with E-state index >= 15 is 0 Å². The summed E-state index contributed by atoms with van der Waals surface area (Å²) in [6, 6.07) is 7.55. The predicted octanol–water partition coefficient (Wildman–Crippen LogP) is 4.05. The van der Waals surface area contributed by atoms with E-state index in [2.05, 4.69) is 6.58 Å². The molecule has 0 amide bonds. The van der Waals surface area contributed by atoms with Crippen molar-refractivity contribution in [3.8, 4) is 16.9 Å². The molecule has 0 aliphatic heterocycles. The van der Waals surface area contributed by atoms with E-state index in [1.165, 1.54) is 11.3 Å². The lowest BCUT2D eigenvalue weighted by Gasteiger charge is -2.08. The van der Waals surface area contributed by atoms with Crippen LogP contribution in [-0.4, -0.2) is 19.2 Å². The van der Waals surface area contributed by atoms with Crippen molar-refractivity contribution in [3.63, 3.8) is 0 Å². The van der Waals surface area contributed by atoms with Crippen LogP contribution >= 0.6 is 11.3 Å². The predicted molar refractivity (Wildman–Crippen MR) is 90.6 cm³/mol. The van der Waals surface area contributed by atoms with Crippen LogP contribution in [0.5, 0.6) is 5.75 Å². The number of esters is 1. The van der Waals surface area contributed by atoms with E-state index in [0.717, 1.165) is 21.8 Å². The van der Waals surface area contributed by atoms with Gasteiger partial charge in [-0.25, -0.2) is 4.79 Å². The number of rotatable bonds is 6. The van der Waals surface area contributed by atoms with Crippen LogP contribution in [0.3, 0.4) is 0 Å². The number of carbonyl (C=O) groups excluding carboxylic acids is 1. The van der Waals surface area contributed by atoms with E-state index in [0.29, 0.717) is 23.8 Å². The van der Waals surface area contributed by atoms with Crippen LogP contribution < -0.4 is 10.5 Å². The first-order chi connectivity index (χ1) is 10.6. The summed E-state index contributed by atoms with van der Waals surface area (Å²) < 4.78 is 10.6.